The zero-order valence-corrected chi connectivity index (χ0v) is 14.6. The van der Waals surface area contributed by atoms with E-state index < -0.39 is 5.97 Å². The molecule has 1 N–H and O–H groups in total. The molecule has 0 aromatic heterocycles. The molecule has 0 atom stereocenters. The summed E-state index contributed by atoms with van der Waals surface area (Å²) in [7, 11) is 0. The number of aromatic hydroxyl groups is 1. The number of carbonyl (C=O) groups is 1. The van der Waals surface area contributed by atoms with Crippen LogP contribution in [-0.2, 0) is 4.74 Å². The summed E-state index contributed by atoms with van der Waals surface area (Å²) in [6.07, 6.45) is 14.0. The average molecular weight is 363 g/mol. The first kappa shape index (κ1) is 23.7. The summed E-state index contributed by atoms with van der Waals surface area (Å²) in [6.45, 7) is 2.68. The van der Waals surface area contributed by atoms with Crippen LogP contribution in [0, 0.1) is 0 Å². The molecule has 24 heavy (non-hydrogen) atoms. The fraction of sp³-hybridized carbons (Fsp3) is 0.650. The van der Waals surface area contributed by atoms with Crippen molar-refractivity contribution in [3.63, 3.8) is 0 Å². The maximum atomic E-state index is 11.8. The Morgan fingerprint density at radius 1 is 0.875 bits per heavy atom. The van der Waals surface area contributed by atoms with E-state index in [1.807, 2.05) is 0 Å². The summed E-state index contributed by atoms with van der Waals surface area (Å²) < 4.78 is 5.19. The van der Waals surface area contributed by atoms with Gasteiger partial charge in [0.1, 0.15) is 11.3 Å². The third-order valence-corrected chi connectivity index (χ3v) is 4.11. The van der Waals surface area contributed by atoms with Gasteiger partial charge >= 0.3 is 43.7 Å². The predicted octanol–water partition coefficient (Wildman–Crippen LogP) is 4.94. The van der Waals surface area contributed by atoms with Gasteiger partial charge in [-0.3, -0.25) is 0 Å². The summed E-state index contributed by atoms with van der Waals surface area (Å²) in [5.74, 6) is -0.452. The van der Waals surface area contributed by atoms with Crippen LogP contribution in [0.4, 0.5) is 0 Å². The van der Waals surface area contributed by atoms with Gasteiger partial charge in [0.05, 0.1) is 6.61 Å². The number of carbonyl (C=O) groups excluding carboxylic acids is 1. The molecule has 134 valence electrons. The fourth-order valence-electron chi connectivity index (χ4n) is 2.66. The van der Waals surface area contributed by atoms with Crippen LogP contribution in [0.1, 0.15) is 87.9 Å². The number of rotatable bonds is 13. The first-order valence-corrected chi connectivity index (χ1v) is 9.20. The molecule has 0 aliphatic rings. The fourth-order valence-corrected chi connectivity index (χ4v) is 2.66. The van der Waals surface area contributed by atoms with E-state index in [9.17, 15) is 9.90 Å². The van der Waals surface area contributed by atoms with Crippen LogP contribution in [-0.4, -0.2) is 55.4 Å². The zero-order chi connectivity index (χ0) is 16.8. The topological polar surface area (TPSA) is 46.5 Å². The molecule has 0 bridgehead atoms. The van der Waals surface area contributed by atoms with E-state index in [4.69, 9.17) is 4.74 Å². The predicted molar refractivity (Wildman–Crippen MR) is 103 cm³/mol. The molecule has 0 radical (unpaired) electrons. The number of esters is 1. The van der Waals surface area contributed by atoms with Crippen LogP contribution in [0.2, 0.25) is 0 Å². The average Bonchev–Trinajstić information content (AvgIpc) is 2.56. The number of unbranched alkanes of at least 4 members (excludes halogenated alkanes) is 10. The third-order valence-electron chi connectivity index (χ3n) is 4.11. The van der Waals surface area contributed by atoms with Crippen molar-refractivity contribution in [2.24, 2.45) is 0 Å². The van der Waals surface area contributed by atoms with Gasteiger partial charge in [-0.15, -0.1) is 0 Å². The molecule has 0 spiro atoms. The number of benzene rings is 1. The first-order chi connectivity index (χ1) is 11.3. The van der Waals surface area contributed by atoms with Crippen LogP contribution < -0.4 is 0 Å². The Labute approximate surface area is 177 Å². The van der Waals surface area contributed by atoms with Crippen LogP contribution >= 0.6 is 0 Å². The normalized spacial score (nSPS) is 10.2. The zero-order valence-electron chi connectivity index (χ0n) is 14.6. The SMILES string of the molecule is CCCCCCCCCCCCCOC(=O)c1ccccc1O.[CaH2]. The Morgan fingerprint density at radius 3 is 1.92 bits per heavy atom. The van der Waals surface area contributed by atoms with Crippen molar-refractivity contribution in [1.29, 1.82) is 0 Å². The van der Waals surface area contributed by atoms with Gasteiger partial charge in [-0.2, -0.15) is 0 Å². The van der Waals surface area contributed by atoms with Crippen molar-refractivity contribution in [2.45, 2.75) is 77.6 Å². The molecule has 4 heteroatoms. The summed E-state index contributed by atoms with van der Waals surface area (Å²) in [5.41, 5.74) is 0.246. The molecular weight excluding hydrogens is 328 g/mol. The number of phenols is 1. The van der Waals surface area contributed by atoms with Gasteiger partial charge in [-0.1, -0.05) is 83.3 Å². The van der Waals surface area contributed by atoms with Crippen molar-refractivity contribution >= 4 is 43.7 Å². The number of hydrogen-bond acceptors (Lipinski definition) is 3. The molecule has 0 unspecified atom stereocenters. The van der Waals surface area contributed by atoms with Crippen LogP contribution in [0.25, 0.3) is 0 Å². The quantitative estimate of drug-likeness (QED) is 0.307. The number of phenolic OH excluding ortho intramolecular Hbond substituents is 1. The van der Waals surface area contributed by atoms with E-state index in [0.717, 1.165) is 12.8 Å². The number of hydrogen-bond donors (Lipinski definition) is 1. The second kappa shape index (κ2) is 16.2. The van der Waals surface area contributed by atoms with Crippen molar-refractivity contribution < 1.29 is 14.6 Å². The Balaban J connectivity index is 0.00000529. The van der Waals surface area contributed by atoms with Gasteiger partial charge in [0.2, 0.25) is 0 Å². The molecule has 1 aromatic carbocycles. The van der Waals surface area contributed by atoms with Gasteiger partial charge in [0.25, 0.3) is 0 Å². The van der Waals surface area contributed by atoms with E-state index in [1.165, 1.54) is 63.9 Å². The van der Waals surface area contributed by atoms with E-state index in [1.54, 1.807) is 18.2 Å². The standard InChI is InChI=1S/C20H32O3.Ca.2H/c1-2-3-4-5-6-7-8-9-10-11-14-17-23-20(22)18-15-12-13-16-19(18)21;;;/h12-13,15-16,21H,2-11,14,17H2,1H3;;;. The Bertz CT molecular complexity index is 435. The van der Waals surface area contributed by atoms with Crippen LogP contribution in [0.5, 0.6) is 5.75 Å². The molecule has 0 aliphatic heterocycles. The molecule has 0 aliphatic carbocycles. The summed E-state index contributed by atoms with van der Waals surface area (Å²) in [5, 5.41) is 9.57. The monoisotopic (exact) mass is 362 g/mol. The third kappa shape index (κ3) is 11.3. The summed E-state index contributed by atoms with van der Waals surface area (Å²) >= 11 is 0. The molecule has 3 nitrogen and oxygen atoms in total. The minimum absolute atomic E-state index is 0. The van der Waals surface area contributed by atoms with Gasteiger partial charge in [0, 0.05) is 0 Å². The Kier molecular flexibility index (Phi) is 16.1. The second-order valence-electron chi connectivity index (χ2n) is 6.19. The van der Waals surface area contributed by atoms with Crippen LogP contribution in [0.15, 0.2) is 24.3 Å². The molecule has 0 fully saturated rings. The van der Waals surface area contributed by atoms with Crippen molar-refractivity contribution in [2.75, 3.05) is 6.61 Å². The molecule has 0 heterocycles. The Hall–Kier alpha value is -0.250. The van der Waals surface area contributed by atoms with Gasteiger partial charge in [-0.05, 0) is 18.6 Å². The second-order valence-corrected chi connectivity index (χ2v) is 6.19. The van der Waals surface area contributed by atoms with Gasteiger partial charge in [-0.25, -0.2) is 4.79 Å². The van der Waals surface area contributed by atoms with E-state index in [2.05, 4.69) is 6.92 Å². The first-order valence-electron chi connectivity index (χ1n) is 9.20. The van der Waals surface area contributed by atoms with Crippen LogP contribution in [0.3, 0.4) is 0 Å². The molecular formula is C20H34CaO3. The number of ether oxygens (including phenoxy) is 1. The van der Waals surface area contributed by atoms with E-state index in [-0.39, 0.29) is 49.1 Å². The molecule has 0 amide bonds. The molecule has 1 rings (SSSR count). The van der Waals surface area contributed by atoms with Gasteiger partial charge in [0.15, 0.2) is 0 Å². The van der Waals surface area contributed by atoms with E-state index in [0.29, 0.717) is 6.61 Å². The van der Waals surface area contributed by atoms with Crippen molar-refractivity contribution in [3.05, 3.63) is 29.8 Å². The minimum atomic E-state index is -0.435. The molecule has 0 saturated carbocycles. The molecule has 1 aromatic rings. The van der Waals surface area contributed by atoms with E-state index >= 15 is 0 Å². The summed E-state index contributed by atoms with van der Waals surface area (Å²) in [4.78, 5) is 11.8. The van der Waals surface area contributed by atoms with Gasteiger partial charge < -0.3 is 9.84 Å². The van der Waals surface area contributed by atoms with Crippen molar-refractivity contribution in [1.82, 2.24) is 0 Å². The number of para-hydroxylation sites is 1. The Morgan fingerprint density at radius 2 is 1.38 bits per heavy atom. The maximum absolute atomic E-state index is 11.8. The molecule has 0 saturated heterocycles. The van der Waals surface area contributed by atoms with Crippen molar-refractivity contribution in [3.8, 4) is 5.75 Å². The summed E-state index contributed by atoms with van der Waals surface area (Å²) in [6, 6.07) is 6.49.